The van der Waals surface area contributed by atoms with Crippen LogP contribution in [0.4, 0.5) is 13.2 Å². The molecular formula is C18H27F3OSi. The number of rotatable bonds is 6. The molecule has 1 saturated heterocycles. The highest BCUT2D eigenvalue weighted by molar-refractivity contribution is 6.80. The molecule has 0 radical (unpaired) electrons. The maximum absolute atomic E-state index is 13.4. The molecular weight excluding hydrogens is 317 g/mol. The Morgan fingerprint density at radius 1 is 1.17 bits per heavy atom. The van der Waals surface area contributed by atoms with Gasteiger partial charge in [-0.25, -0.2) is 13.2 Å². The van der Waals surface area contributed by atoms with Gasteiger partial charge in [-0.05, 0) is 42.9 Å². The second-order valence-electron chi connectivity index (χ2n) is 7.09. The van der Waals surface area contributed by atoms with Crippen LogP contribution in [-0.4, -0.2) is 20.9 Å². The van der Waals surface area contributed by atoms with Gasteiger partial charge in [0.25, 0.3) is 0 Å². The smallest absolute Gasteiger partial charge is 0.194 e. The molecule has 0 bridgehead atoms. The van der Waals surface area contributed by atoms with Crippen molar-refractivity contribution in [2.45, 2.75) is 69.3 Å². The highest BCUT2D eigenvalue weighted by atomic mass is 28.3. The standard InChI is InChI=1S/C18H27F3OSi/c1-4-5-6-17(22-2)23(3)9-7-13(8-10-23)14-11-15(19)18(21)16(20)12-14/h11-13,17H,4-10H2,1-3H3. The Balaban J connectivity index is 2.05. The fraction of sp³-hybridized carbons (Fsp3) is 0.667. The lowest BCUT2D eigenvalue weighted by Crippen LogP contribution is -2.48. The van der Waals surface area contributed by atoms with Crippen molar-refractivity contribution in [3.05, 3.63) is 35.1 Å². The third kappa shape index (κ3) is 4.18. The van der Waals surface area contributed by atoms with Gasteiger partial charge in [-0.3, -0.25) is 0 Å². The molecule has 1 aromatic carbocycles. The molecule has 1 nitrogen and oxygen atoms in total. The van der Waals surface area contributed by atoms with Crippen LogP contribution in [0, 0.1) is 17.5 Å². The highest BCUT2D eigenvalue weighted by Gasteiger charge is 2.40. The predicted octanol–water partition coefficient (Wildman–Crippen LogP) is 5.80. The molecule has 0 N–H and O–H groups in total. The van der Waals surface area contributed by atoms with E-state index in [2.05, 4.69) is 13.5 Å². The second kappa shape index (κ2) is 7.84. The highest BCUT2D eigenvalue weighted by Crippen LogP contribution is 2.41. The summed E-state index contributed by atoms with van der Waals surface area (Å²) in [7, 11) is 0.301. The molecule has 0 saturated carbocycles. The van der Waals surface area contributed by atoms with Gasteiger partial charge in [0.05, 0.1) is 8.07 Å². The van der Waals surface area contributed by atoms with E-state index in [1.807, 2.05) is 0 Å². The van der Waals surface area contributed by atoms with Gasteiger partial charge in [0, 0.05) is 12.8 Å². The first-order valence-electron chi connectivity index (χ1n) is 8.58. The molecule has 1 heterocycles. The molecule has 1 aromatic rings. The van der Waals surface area contributed by atoms with Crippen LogP contribution in [0.1, 0.15) is 50.5 Å². The van der Waals surface area contributed by atoms with Gasteiger partial charge in [0.1, 0.15) is 0 Å². The lowest BCUT2D eigenvalue weighted by atomic mass is 9.93. The van der Waals surface area contributed by atoms with Gasteiger partial charge < -0.3 is 4.74 Å². The molecule has 23 heavy (non-hydrogen) atoms. The van der Waals surface area contributed by atoms with Crippen molar-refractivity contribution in [3.8, 4) is 0 Å². The third-order valence-electron chi connectivity index (χ3n) is 5.49. The Morgan fingerprint density at radius 3 is 2.22 bits per heavy atom. The molecule has 1 atom stereocenters. The average Bonchev–Trinajstić information content (AvgIpc) is 2.53. The SMILES string of the molecule is CCCCC(OC)[Si]1(C)CCC(c2cc(F)c(F)c(F)c2)CC1. The molecule has 1 aliphatic rings. The summed E-state index contributed by atoms with van der Waals surface area (Å²) in [6.07, 6.45) is 5.29. The largest absolute Gasteiger partial charge is 0.385 e. The van der Waals surface area contributed by atoms with Crippen molar-refractivity contribution >= 4 is 8.07 Å². The van der Waals surface area contributed by atoms with Crippen LogP contribution in [0.3, 0.4) is 0 Å². The summed E-state index contributed by atoms with van der Waals surface area (Å²) in [4.78, 5) is 0. The van der Waals surface area contributed by atoms with Crippen molar-refractivity contribution in [1.82, 2.24) is 0 Å². The van der Waals surface area contributed by atoms with E-state index < -0.39 is 25.5 Å². The number of ether oxygens (including phenoxy) is 1. The van der Waals surface area contributed by atoms with Gasteiger partial charge in [0.15, 0.2) is 17.5 Å². The lowest BCUT2D eigenvalue weighted by molar-refractivity contribution is 0.145. The van der Waals surface area contributed by atoms with E-state index >= 15 is 0 Å². The Kier molecular flexibility index (Phi) is 6.31. The maximum Gasteiger partial charge on any atom is 0.194 e. The Hall–Kier alpha value is -0.813. The molecule has 0 amide bonds. The van der Waals surface area contributed by atoms with Gasteiger partial charge >= 0.3 is 0 Å². The summed E-state index contributed by atoms with van der Waals surface area (Å²) in [6, 6.07) is 4.53. The summed E-state index contributed by atoms with van der Waals surface area (Å²) in [5.74, 6) is -3.40. The zero-order valence-electron chi connectivity index (χ0n) is 14.3. The number of hydrogen-bond acceptors (Lipinski definition) is 1. The van der Waals surface area contributed by atoms with Crippen molar-refractivity contribution in [3.63, 3.8) is 0 Å². The monoisotopic (exact) mass is 344 g/mol. The molecule has 1 unspecified atom stereocenters. The normalized spacial score (nSPS) is 26.3. The van der Waals surface area contributed by atoms with E-state index in [0.29, 0.717) is 11.3 Å². The van der Waals surface area contributed by atoms with Crippen LogP contribution in [0.15, 0.2) is 12.1 Å². The topological polar surface area (TPSA) is 9.23 Å². The van der Waals surface area contributed by atoms with E-state index in [1.54, 1.807) is 7.11 Å². The van der Waals surface area contributed by atoms with Gasteiger partial charge in [0.2, 0.25) is 0 Å². The van der Waals surface area contributed by atoms with Crippen LogP contribution in [0.5, 0.6) is 0 Å². The second-order valence-corrected chi connectivity index (χ2v) is 12.0. The molecule has 2 rings (SSSR count). The Labute approximate surface area is 138 Å². The third-order valence-corrected chi connectivity index (χ3v) is 10.4. The lowest BCUT2D eigenvalue weighted by Gasteiger charge is -2.41. The van der Waals surface area contributed by atoms with Crippen molar-refractivity contribution < 1.29 is 17.9 Å². The number of unbranched alkanes of at least 4 members (excludes halogenated alkanes) is 1. The van der Waals surface area contributed by atoms with Crippen molar-refractivity contribution in [2.75, 3.05) is 7.11 Å². The summed E-state index contributed by atoms with van der Waals surface area (Å²) in [6.45, 7) is 4.57. The first-order chi connectivity index (χ1) is 10.9. The number of halogens is 3. The first-order valence-corrected chi connectivity index (χ1v) is 11.6. The molecule has 0 aromatic heterocycles. The molecule has 1 fully saturated rings. The molecule has 0 spiro atoms. The van der Waals surface area contributed by atoms with E-state index in [0.717, 1.165) is 43.5 Å². The molecule has 130 valence electrons. The predicted molar refractivity (Wildman–Crippen MR) is 89.8 cm³/mol. The van der Waals surface area contributed by atoms with Crippen LogP contribution < -0.4 is 0 Å². The fourth-order valence-electron chi connectivity index (χ4n) is 3.88. The van der Waals surface area contributed by atoms with E-state index in [9.17, 15) is 13.2 Å². The van der Waals surface area contributed by atoms with Crippen LogP contribution in [0.2, 0.25) is 18.6 Å². The van der Waals surface area contributed by atoms with Gasteiger partial charge in [-0.1, -0.05) is 38.4 Å². The quantitative estimate of drug-likeness (QED) is 0.468. The Morgan fingerprint density at radius 2 is 1.74 bits per heavy atom. The number of hydrogen-bond donors (Lipinski definition) is 0. The number of benzene rings is 1. The Bertz CT molecular complexity index is 504. The van der Waals surface area contributed by atoms with Gasteiger partial charge in [-0.15, -0.1) is 0 Å². The zero-order valence-corrected chi connectivity index (χ0v) is 15.3. The summed E-state index contributed by atoms with van der Waals surface area (Å²) < 4.78 is 45.8. The maximum atomic E-state index is 13.4. The minimum atomic E-state index is -1.50. The molecule has 0 aliphatic carbocycles. The van der Waals surface area contributed by atoms with Crippen molar-refractivity contribution in [1.29, 1.82) is 0 Å². The van der Waals surface area contributed by atoms with Crippen LogP contribution in [-0.2, 0) is 4.74 Å². The summed E-state index contributed by atoms with van der Waals surface area (Å²) in [5.41, 5.74) is 0.963. The number of methoxy groups -OCH3 is 1. The minimum absolute atomic E-state index is 0.129. The fourth-order valence-corrected chi connectivity index (χ4v) is 8.26. The van der Waals surface area contributed by atoms with Crippen LogP contribution >= 0.6 is 0 Å². The summed E-state index contributed by atoms with van der Waals surface area (Å²) >= 11 is 0. The average molecular weight is 344 g/mol. The molecule has 5 heteroatoms. The summed E-state index contributed by atoms with van der Waals surface area (Å²) in [5, 5.41) is 0. The molecule has 1 aliphatic heterocycles. The van der Waals surface area contributed by atoms with E-state index in [4.69, 9.17) is 4.74 Å². The minimum Gasteiger partial charge on any atom is -0.385 e. The zero-order chi connectivity index (χ0) is 17.0. The van der Waals surface area contributed by atoms with E-state index in [1.165, 1.54) is 12.8 Å². The van der Waals surface area contributed by atoms with Crippen molar-refractivity contribution in [2.24, 2.45) is 0 Å². The van der Waals surface area contributed by atoms with Gasteiger partial charge in [-0.2, -0.15) is 0 Å². The van der Waals surface area contributed by atoms with Crippen LogP contribution in [0.25, 0.3) is 0 Å². The first kappa shape index (κ1) is 18.5. The van der Waals surface area contributed by atoms with E-state index in [-0.39, 0.29) is 5.92 Å².